The van der Waals surface area contributed by atoms with Crippen molar-refractivity contribution in [2.45, 2.75) is 46.6 Å². The Labute approximate surface area is 116 Å². The van der Waals surface area contributed by atoms with E-state index in [-0.39, 0.29) is 0 Å². The van der Waals surface area contributed by atoms with Crippen LogP contribution in [0.1, 0.15) is 51.5 Å². The molecule has 0 aromatic carbocycles. The second-order valence-electron chi connectivity index (χ2n) is 6.39. The van der Waals surface area contributed by atoms with Crippen LogP contribution in [0.2, 0.25) is 0 Å². The van der Waals surface area contributed by atoms with Crippen molar-refractivity contribution >= 4 is 11.3 Å². The first-order valence-corrected chi connectivity index (χ1v) is 8.24. The first-order valence-electron chi connectivity index (χ1n) is 7.36. The summed E-state index contributed by atoms with van der Waals surface area (Å²) in [6, 6.07) is 5.09. The quantitative estimate of drug-likeness (QED) is 0.752. The molecule has 102 valence electrons. The van der Waals surface area contributed by atoms with Crippen molar-refractivity contribution < 1.29 is 0 Å². The predicted molar refractivity (Wildman–Crippen MR) is 81.0 cm³/mol. The van der Waals surface area contributed by atoms with Crippen LogP contribution in [0.15, 0.2) is 17.5 Å². The van der Waals surface area contributed by atoms with Crippen molar-refractivity contribution in [1.82, 2.24) is 5.32 Å². The summed E-state index contributed by atoms with van der Waals surface area (Å²) in [6.07, 6.45) is 2.81. The maximum atomic E-state index is 3.86. The van der Waals surface area contributed by atoms with Crippen LogP contribution in [0.25, 0.3) is 0 Å². The monoisotopic (exact) mass is 265 g/mol. The Morgan fingerprint density at radius 2 is 1.89 bits per heavy atom. The first-order chi connectivity index (χ1) is 8.59. The molecule has 0 spiro atoms. The zero-order valence-corrected chi connectivity index (χ0v) is 13.0. The molecular weight excluding hydrogens is 238 g/mol. The van der Waals surface area contributed by atoms with Crippen molar-refractivity contribution in [2.24, 2.45) is 23.7 Å². The van der Waals surface area contributed by atoms with Crippen molar-refractivity contribution in [3.8, 4) is 0 Å². The molecule has 0 bridgehead atoms. The highest BCUT2D eigenvalue weighted by Gasteiger charge is 2.33. The molecule has 1 atom stereocenters. The van der Waals surface area contributed by atoms with E-state index in [4.69, 9.17) is 0 Å². The molecule has 0 aliphatic heterocycles. The molecule has 1 nitrogen and oxygen atoms in total. The highest BCUT2D eigenvalue weighted by atomic mass is 32.1. The lowest BCUT2D eigenvalue weighted by Crippen LogP contribution is -2.33. The molecular formula is C16H27NS. The number of hydrogen-bond donors (Lipinski definition) is 1. The van der Waals surface area contributed by atoms with Crippen molar-refractivity contribution in [2.75, 3.05) is 6.54 Å². The third-order valence-electron chi connectivity index (χ3n) is 4.23. The Kier molecular flexibility index (Phi) is 4.85. The van der Waals surface area contributed by atoms with Crippen LogP contribution in [-0.2, 0) is 0 Å². The number of nitrogens with one attached hydrogen (secondary N) is 1. The van der Waals surface area contributed by atoms with Crippen LogP contribution in [0.4, 0.5) is 0 Å². The molecule has 1 unspecified atom stereocenters. The molecule has 1 aromatic rings. The average molecular weight is 265 g/mol. The molecule has 1 fully saturated rings. The SMILES string of the molecule is CC(C)C(CNC(c1cccs1)C1CC1)C(C)C. The fourth-order valence-corrected chi connectivity index (χ4v) is 3.80. The molecule has 1 heterocycles. The molecule has 2 rings (SSSR count). The lowest BCUT2D eigenvalue weighted by Gasteiger charge is -2.28. The normalized spacial score (nSPS) is 17.9. The maximum Gasteiger partial charge on any atom is 0.0443 e. The standard InChI is InChI=1S/C16H27NS/c1-11(2)14(12(3)4)10-17-16(13-7-8-13)15-6-5-9-18-15/h5-6,9,11-14,16-17H,7-8,10H2,1-4H3. The molecule has 0 saturated heterocycles. The van der Waals surface area contributed by atoms with E-state index in [9.17, 15) is 0 Å². The van der Waals surface area contributed by atoms with E-state index in [1.165, 1.54) is 17.7 Å². The number of hydrogen-bond acceptors (Lipinski definition) is 2. The zero-order valence-electron chi connectivity index (χ0n) is 12.1. The molecule has 1 aliphatic carbocycles. The van der Waals surface area contributed by atoms with Crippen LogP contribution in [0.3, 0.4) is 0 Å². The Morgan fingerprint density at radius 1 is 1.22 bits per heavy atom. The summed E-state index contributed by atoms with van der Waals surface area (Å²) in [6.45, 7) is 10.6. The fraction of sp³-hybridized carbons (Fsp3) is 0.750. The molecule has 0 amide bonds. The van der Waals surface area contributed by atoms with Crippen molar-refractivity contribution in [3.63, 3.8) is 0 Å². The van der Waals surface area contributed by atoms with Gasteiger partial charge in [0, 0.05) is 10.9 Å². The third kappa shape index (κ3) is 3.58. The van der Waals surface area contributed by atoms with Gasteiger partial charge in [-0.1, -0.05) is 33.8 Å². The van der Waals surface area contributed by atoms with E-state index in [1.807, 2.05) is 11.3 Å². The first kappa shape index (κ1) is 14.1. The minimum absolute atomic E-state index is 0.616. The average Bonchev–Trinajstić information content (AvgIpc) is 2.98. The molecule has 2 heteroatoms. The molecule has 18 heavy (non-hydrogen) atoms. The van der Waals surface area contributed by atoms with Gasteiger partial charge in [-0.05, 0) is 54.5 Å². The Hall–Kier alpha value is -0.340. The summed E-state index contributed by atoms with van der Waals surface area (Å²) in [5.74, 6) is 3.20. The highest BCUT2D eigenvalue weighted by Crippen LogP contribution is 2.42. The van der Waals surface area contributed by atoms with Crippen LogP contribution in [0.5, 0.6) is 0 Å². The molecule has 1 aliphatic rings. The van der Waals surface area contributed by atoms with E-state index in [1.54, 1.807) is 0 Å². The summed E-state index contributed by atoms with van der Waals surface area (Å²) < 4.78 is 0. The second kappa shape index (κ2) is 6.21. The van der Waals surface area contributed by atoms with Gasteiger partial charge in [-0.3, -0.25) is 0 Å². The summed E-state index contributed by atoms with van der Waals surface area (Å²) in [5, 5.41) is 6.06. The summed E-state index contributed by atoms with van der Waals surface area (Å²) >= 11 is 1.91. The van der Waals surface area contributed by atoms with Crippen molar-refractivity contribution in [3.05, 3.63) is 22.4 Å². The van der Waals surface area contributed by atoms with Gasteiger partial charge in [0.15, 0.2) is 0 Å². The van der Waals surface area contributed by atoms with Gasteiger partial charge < -0.3 is 5.32 Å². The lowest BCUT2D eigenvalue weighted by atomic mass is 9.85. The minimum atomic E-state index is 0.616. The van der Waals surface area contributed by atoms with E-state index in [0.717, 1.165) is 30.2 Å². The summed E-state index contributed by atoms with van der Waals surface area (Å²) in [7, 11) is 0. The van der Waals surface area contributed by atoms with Gasteiger partial charge in [0.05, 0.1) is 0 Å². The topological polar surface area (TPSA) is 12.0 Å². The van der Waals surface area contributed by atoms with Crippen LogP contribution < -0.4 is 5.32 Å². The van der Waals surface area contributed by atoms with Crippen LogP contribution in [0, 0.1) is 23.7 Å². The van der Waals surface area contributed by atoms with Gasteiger partial charge in [-0.2, -0.15) is 0 Å². The molecule has 1 saturated carbocycles. The van der Waals surface area contributed by atoms with E-state index in [0.29, 0.717) is 6.04 Å². The molecule has 1 N–H and O–H groups in total. The van der Waals surface area contributed by atoms with Crippen molar-refractivity contribution in [1.29, 1.82) is 0 Å². The lowest BCUT2D eigenvalue weighted by molar-refractivity contribution is 0.261. The summed E-state index contributed by atoms with van der Waals surface area (Å²) in [5.41, 5.74) is 0. The van der Waals surface area contributed by atoms with Crippen LogP contribution in [-0.4, -0.2) is 6.54 Å². The smallest absolute Gasteiger partial charge is 0.0443 e. The van der Waals surface area contributed by atoms with Gasteiger partial charge in [-0.25, -0.2) is 0 Å². The Balaban J connectivity index is 1.93. The van der Waals surface area contributed by atoms with E-state index >= 15 is 0 Å². The third-order valence-corrected chi connectivity index (χ3v) is 5.18. The Morgan fingerprint density at radius 3 is 2.33 bits per heavy atom. The molecule has 1 aromatic heterocycles. The van der Waals surface area contributed by atoms with Gasteiger partial charge in [-0.15, -0.1) is 11.3 Å². The largest absolute Gasteiger partial charge is 0.309 e. The minimum Gasteiger partial charge on any atom is -0.309 e. The number of thiophene rings is 1. The maximum absolute atomic E-state index is 3.86. The zero-order chi connectivity index (χ0) is 13.1. The molecule has 0 radical (unpaired) electrons. The predicted octanol–water partition coefficient (Wildman–Crippen LogP) is 4.72. The van der Waals surface area contributed by atoms with Crippen LogP contribution >= 0.6 is 11.3 Å². The van der Waals surface area contributed by atoms with Gasteiger partial charge in [0.25, 0.3) is 0 Å². The van der Waals surface area contributed by atoms with E-state index in [2.05, 4.69) is 50.5 Å². The number of rotatable bonds is 7. The van der Waals surface area contributed by atoms with E-state index < -0.39 is 0 Å². The van der Waals surface area contributed by atoms with Gasteiger partial charge in [0.2, 0.25) is 0 Å². The Bertz CT molecular complexity index is 330. The summed E-state index contributed by atoms with van der Waals surface area (Å²) in [4.78, 5) is 1.53. The highest BCUT2D eigenvalue weighted by molar-refractivity contribution is 7.10. The second-order valence-corrected chi connectivity index (χ2v) is 7.37. The fourth-order valence-electron chi connectivity index (χ4n) is 2.90. The van der Waals surface area contributed by atoms with Gasteiger partial charge in [0.1, 0.15) is 0 Å². The van der Waals surface area contributed by atoms with Gasteiger partial charge >= 0.3 is 0 Å².